The highest BCUT2D eigenvalue weighted by molar-refractivity contribution is 6.05. The zero-order valence-electron chi connectivity index (χ0n) is 16.0. The largest absolute Gasteiger partial charge is 0.327 e. The number of amides is 1. The number of fused-ring (bicyclic) bond motifs is 1. The smallest absolute Gasteiger partial charge is 0.255 e. The van der Waals surface area contributed by atoms with Crippen molar-refractivity contribution in [1.29, 1.82) is 0 Å². The molecule has 0 atom stereocenters. The van der Waals surface area contributed by atoms with Crippen LogP contribution < -0.4 is 5.32 Å². The zero-order valence-corrected chi connectivity index (χ0v) is 16.0. The lowest BCUT2D eigenvalue weighted by Crippen LogP contribution is -2.12. The van der Waals surface area contributed by atoms with Gasteiger partial charge in [0.05, 0.1) is 17.4 Å². The average molecular weight is 386 g/mol. The number of imidazole rings is 1. The first-order valence-electron chi connectivity index (χ1n) is 10.0. The van der Waals surface area contributed by atoms with Gasteiger partial charge in [0, 0.05) is 23.0 Å². The molecular formula is C22H22N6O. The van der Waals surface area contributed by atoms with Gasteiger partial charge in [-0.1, -0.05) is 19.3 Å². The molecule has 2 heterocycles. The number of hydrogen-bond donors (Lipinski definition) is 1. The summed E-state index contributed by atoms with van der Waals surface area (Å²) in [6.45, 7) is 0. The standard InChI is InChI=1S/C22H22N6O/c29-22(16-6-9-18(10-7-16)27-14-24-25-15-27)26-17-8-11-21-20(12-17)23-13-28(21)19-4-2-1-3-5-19/h6-15,19H,1-5H2,(H,26,29). The quantitative estimate of drug-likeness (QED) is 0.565. The molecule has 7 heteroatoms. The molecule has 4 aromatic rings. The predicted molar refractivity (Wildman–Crippen MR) is 111 cm³/mol. The van der Waals surface area contributed by atoms with Gasteiger partial charge in [0.25, 0.3) is 5.91 Å². The minimum Gasteiger partial charge on any atom is -0.327 e. The molecule has 0 spiro atoms. The fraction of sp³-hybridized carbons (Fsp3) is 0.273. The van der Waals surface area contributed by atoms with E-state index in [9.17, 15) is 4.79 Å². The van der Waals surface area contributed by atoms with Gasteiger partial charge in [-0.2, -0.15) is 0 Å². The molecule has 1 N–H and O–H groups in total. The van der Waals surface area contributed by atoms with E-state index in [-0.39, 0.29) is 5.91 Å². The van der Waals surface area contributed by atoms with Gasteiger partial charge >= 0.3 is 0 Å². The van der Waals surface area contributed by atoms with E-state index in [1.807, 2.05) is 30.6 Å². The normalized spacial score (nSPS) is 14.9. The lowest BCUT2D eigenvalue weighted by molar-refractivity contribution is 0.102. The molecule has 0 aliphatic heterocycles. The Morgan fingerprint density at radius 1 is 0.931 bits per heavy atom. The molecule has 0 unspecified atom stereocenters. The number of carbonyl (C=O) groups excluding carboxylic acids is 1. The van der Waals surface area contributed by atoms with Crippen molar-refractivity contribution in [2.45, 2.75) is 38.1 Å². The summed E-state index contributed by atoms with van der Waals surface area (Å²) in [5.41, 5.74) is 4.29. The van der Waals surface area contributed by atoms with Crippen molar-refractivity contribution in [2.75, 3.05) is 5.32 Å². The van der Waals surface area contributed by atoms with Crippen LogP contribution in [0, 0.1) is 0 Å². The van der Waals surface area contributed by atoms with Gasteiger partial charge in [-0.3, -0.25) is 9.36 Å². The molecule has 2 aromatic heterocycles. The predicted octanol–water partition coefficient (Wildman–Crippen LogP) is 4.37. The molecule has 1 aliphatic rings. The fourth-order valence-corrected chi connectivity index (χ4v) is 4.08. The summed E-state index contributed by atoms with van der Waals surface area (Å²) in [6.07, 6.45) is 11.5. The average Bonchev–Trinajstić information content (AvgIpc) is 3.44. The Bertz CT molecular complexity index is 1120. The van der Waals surface area contributed by atoms with Gasteiger partial charge in [-0.15, -0.1) is 10.2 Å². The summed E-state index contributed by atoms with van der Waals surface area (Å²) in [4.78, 5) is 17.2. The number of rotatable bonds is 4. The minimum absolute atomic E-state index is 0.147. The molecule has 1 fully saturated rings. The topological polar surface area (TPSA) is 77.6 Å². The SMILES string of the molecule is O=C(Nc1ccc2c(c1)ncn2C1CCCCC1)c1ccc(-n2cnnc2)cc1. The van der Waals surface area contributed by atoms with Crippen LogP contribution in [0.5, 0.6) is 0 Å². The maximum Gasteiger partial charge on any atom is 0.255 e. The van der Waals surface area contributed by atoms with Gasteiger partial charge in [0.1, 0.15) is 12.7 Å². The van der Waals surface area contributed by atoms with Crippen molar-refractivity contribution in [2.24, 2.45) is 0 Å². The second kappa shape index (κ2) is 7.50. The molecule has 2 aromatic carbocycles. The minimum atomic E-state index is -0.147. The second-order valence-corrected chi connectivity index (χ2v) is 7.52. The molecular weight excluding hydrogens is 364 g/mol. The van der Waals surface area contributed by atoms with Crippen LogP contribution in [-0.2, 0) is 0 Å². The Labute approximate surface area is 168 Å². The van der Waals surface area contributed by atoms with Gasteiger partial charge < -0.3 is 9.88 Å². The Morgan fingerprint density at radius 3 is 2.45 bits per heavy atom. The van der Waals surface area contributed by atoms with Crippen LogP contribution in [0.3, 0.4) is 0 Å². The highest BCUT2D eigenvalue weighted by atomic mass is 16.1. The van der Waals surface area contributed by atoms with Crippen LogP contribution in [0.15, 0.2) is 61.4 Å². The first kappa shape index (κ1) is 17.6. The summed E-state index contributed by atoms with van der Waals surface area (Å²) in [6, 6.07) is 13.8. The lowest BCUT2D eigenvalue weighted by Gasteiger charge is -2.23. The molecule has 7 nitrogen and oxygen atoms in total. The number of nitrogens with zero attached hydrogens (tertiary/aromatic N) is 5. The monoisotopic (exact) mass is 386 g/mol. The number of benzene rings is 2. The van der Waals surface area contributed by atoms with Gasteiger partial charge in [0.15, 0.2) is 0 Å². The number of anilines is 1. The third-order valence-electron chi connectivity index (χ3n) is 5.65. The highest BCUT2D eigenvalue weighted by Gasteiger charge is 2.17. The first-order valence-corrected chi connectivity index (χ1v) is 10.0. The Balaban J connectivity index is 1.32. The van der Waals surface area contributed by atoms with Crippen molar-refractivity contribution in [3.63, 3.8) is 0 Å². The van der Waals surface area contributed by atoms with E-state index in [0.29, 0.717) is 11.6 Å². The highest BCUT2D eigenvalue weighted by Crippen LogP contribution is 2.31. The summed E-state index contributed by atoms with van der Waals surface area (Å²) < 4.78 is 4.09. The van der Waals surface area contributed by atoms with Crippen molar-refractivity contribution in [1.82, 2.24) is 24.3 Å². The molecule has 146 valence electrons. The lowest BCUT2D eigenvalue weighted by atomic mass is 9.95. The maximum absolute atomic E-state index is 12.6. The van der Waals surface area contributed by atoms with Crippen LogP contribution in [0.1, 0.15) is 48.5 Å². The Hall–Kier alpha value is -3.48. The number of aromatic nitrogens is 5. The molecule has 1 aliphatic carbocycles. The van der Waals surface area contributed by atoms with Crippen molar-refractivity contribution in [3.8, 4) is 5.69 Å². The second-order valence-electron chi connectivity index (χ2n) is 7.52. The summed E-state index contributed by atoms with van der Waals surface area (Å²) in [7, 11) is 0. The molecule has 5 rings (SSSR count). The summed E-state index contributed by atoms with van der Waals surface area (Å²) in [5, 5.41) is 10.6. The molecule has 0 saturated heterocycles. The van der Waals surface area contributed by atoms with E-state index in [4.69, 9.17) is 0 Å². The molecule has 29 heavy (non-hydrogen) atoms. The van der Waals surface area contributed by atoms with E-state index >= 15 is 0 Å². The van der Waals surface area contributed by atoms with E-state index in [1.165, 1.54) is 32.1 Å². The third-order valence-corrected chi connectivity index (χ3v) is 5.65. The molecule has 1 amide bonds. The van der Waals surface area contributed by atoms with Crippen LogP contribution >= 0.6 is 0 Å². The summed E-state index contributed by atoms with van der Waals surface area (Å²) >= 11 is 0. The van der Waals surface area contributed by atoms with Crippen molar-refractivity contribution >= 4 is 22.6 Å². The van der Waals surface area contributed by atoms with Gasteiger partial charge in [-0.25, -0.2) is 4.98 Å². The first-order chi connectivity index (χ1) is 14.3. The molecule has 1 saturated carbocycles. The van der Waals surface area contributed by atoms with Gasteiger partial charge in [-0.05, 0) is 55.3 Å². The van der Waals surface area contributed by atoms with E-state index in [0.717, 1.165) is 22.4 Å². The third kappa shape index (κ3) is 3.51. The van der Waals surface area contributed by atoms with Crippen molar-refractivity contribution < 1.29 is 4.79 Å². The Kier molecular flexibility index (Phi) is 4.56. The number of hydrogen-bond acceptors (Lipinski definition) is 4. The molecule has 0 radical (unpaired) electrons. The van der Waals surface area contributed by atoms with Crippen LogP contribution in [0.25, 0.3) is 16.7 Å². The van der Waals surface area contributed by atoms with Crippen molar-refractivity contribution in [3.05, 3.63) is 67.0 Å². The van der Waals surface area contributed by atoms with E-state index in [1.54, 1.807) is 29.4 Å². The molecule has 0 bridgehead atoms. The maximum atomic E-state index is 12.6. The van der Waals surface area contributed by atoms with Gasteiger partial charge in [0.2, 0.25) is 0 Å². The Morgan fingerprint density at radius 2 is 1.69 bits per heavy atom. The van der Waals surface area contributed by atoms with Crippen LogP contribution in [0.4, 0.5) is 5.69 Å². The zero-order chi connectivity index (χ0) is 19.6. The number of carbonyl (C=O) groups is 1. The van der Waals surface area contributed by atoms with Crippen LogP contribution in [-0.4, -0.2) is 30.2 Å². The fourth-order valence-electron chi connectivity index (χ4n) is 4.08. The van der Waals surface area contributed by atoms with E-state index < -0.39 is 0 Å². The van der Waals surface area contributed by atoms with E-state index in [2.05, 4.69) is 31.1 Å². The number of nitrogens with one attached hydrogen (secondary N) is 1. The van der Waals surface area contributed by atoms with Crippen LogP contribution in [0.2, 0.25) is 0 Å². The summed E-state index contributed by atoms with van der Waals surface area (Å²) in [5.74, 6) is -0.147.